The smallest absolute Gasteiger partial charge is 0.307 e. The molecule has 8 nitrogen and oxygen atoms in total. The molecule has 1 heterocycles. The number of nitrogens with one attached hydrogen (secondary N) is 1. The summed E-state index contributed by atoms with van der Waals surface area (Å²) in [5.41, 5.74) is 0. The molecule has 1 fully saturated rings. The molecule has 9 heteroatoms. The Morgan fingerprint density at radius 3 is 2.24 bits per heavy atom. The third-order valence-electron chi connectivity index (χ3n) is 2.92. The quantitative estimate of drug-likeness (QED) is 0.392. The lowest BCUT2D eigenvalue weighted by atomic mass is 10.0. The molecule has 0 unspecified atom stereocenters. The van der Waals surface area contributed by atoms with Gasteiger partial charge in [-0.15, -0.1) is 0 Å². The zero-order valence-electron chi connectivity index (χ0n) is 12.0. The summed E-state index contributed by atoms with van der Waals surface area (Å²) in [6.45, 7) is 1.91. The molecular formula is C12H17N3O5S. The van der Waals surface area contributed by atoms with Crippen LogP contribution in [0.5, 0.6) is 0 Å². The fourth-order valence-corrected chi connectivity index (χ4v) is 1.93. The van der Waals surface area contributed by atoms with Crippen molar-refractivity contribution in [2.45, 2.75) is 13.3 Å². The van der Waals surface area contributed by atoms with Crippen molar-refractivity contribution in [1.29, 1.82) is 0 Å². The van der Waals surface area contributed by atoms with Crippen LogP contribution in [0.4, 0.5) is 0 Å². The topological polar surface area (TPSA) is 96.0 Å². The van der Waals surface area contributed by atoms with E-state index in [4.69, 9.17) is 17.0 Å². The lowest BCUT2D eigenvalue weighted by molar-refractivity contribution is -0.150. The molecule has 0 atom stereocenters. The van der Waals surface area contributed by atoms with Crippen molar-refractivity contribution in [3.63, 3.8) is 0 Å². The molecule has 116 valence electrons. The SMILES string of the molecule is CCOC(=O)CCNC(=O)C1C(=O)N(C)C(=S)N(C)C1=O. The highest BCUT2D eigenvalue weighted by Gasteiger charge is 2.44. The van der Waals surface area contributed by atoms with Crippen LogP contribution in [0, 0.1) is 5.92 Å². The Bertz CT molecular complexity index is 469. The Morgan fingerprint density at radius 1 is 1.24 bits per heavy atom. The lowest BCUT2D eigenvalue weighted by Gasteiger charge is -2.34. The van der Waals surface area contributed by atoms with Crippen LogP contribution in [0.3, 0.4) is 0 Å². The summed E-state index contributed by atoms with van der Waals surface area (Å²) < 4.78 is 4.70. The van der Waals surface area contributed by atoms with Gasteiger partial charge < -0.3 is 10.1 Å². The molecule has 0 saturated carbocycles. The molecule has 1 rings (SSSR count). The fraction of sp³-hybridized carbons (Fsp3) is 0.583. The van der Waals surface area contributed by atoms with Crippen molar-refractivity contribution in [2.24, 2.45) is 5.92 Å². The fourth-order valence-electron chi connectivity index (χ4n) is 1.75. The second-order valence-electron chi connectivity index (χ2n) is 4.36. The standard InChI is InChI=1S/C12H17N3O5S/c1-4-20-7(16)5-6-13-9(17)8-10(18)14(2)12(21)15(3)11(8)19/h8H,4-6H2,1-3H3,(H,13,17). The molecule has 3 amide bonds. The van der Waals surface area contributed by atoms with Crippen molar-refractivity contribution in [2.75, 3.05) is 27.2 Å². The van der Waals surface area contributed by atoms with E-state index in [2.05, 4.69) is 5.32 Å². The van der Waals surface area contributed by atoms with Gasteiger partial charge in [0.1, 0.15) is 0 Å². The first-order valence-corrected chi connectivity index (χ1v) is 6.74. The van der Waals surface area contributed by atoms with E-state index in [0.29, 0.717) is 0 Å². The van der Waals surface area contributed by atoms with Crippen LogP contribution in [0.1, 0.15) is 13.3 Å². The van der Waals surface area contributed by atoms with Crippen LogP contribution in [-0.2, 0) is 23.9 Å². The number of amides is 3. The molecular weight excluding hydrogens is 298 g/mol. The maximum absolute atomic E-state index is 12.0. The number of hydrogen-bond acceptors (Lipinski definition) is 6. The monoisotopic (exact) mass is 315 g/mol. The molecule has 0 aliphatic carbocycles. The Morgan fingerprint density at radius 2 is 1.76 bits per heavy atom. The average molecular weight is 315 g/mol. The largest absolute Gasteiger partial charge is 0.466 e. The van der Waals surface area contributed by atoms with Crippen LogP contribution in [0.25, 0.3) is 0 Å². The minimum atomic E-state index is -1.48. The highest BCUT2D eigenvalue weighted by Crippen LogP contribution is 2.15. The van der Waals surface area contributed by atoms with Crippen LogP contribution in [0.2, 0.25) is 0 Å². The lowest BCUT2D eigenvalue weighted by Crippen LogP contribution is -2.60. The highest BCUT2D eigenvalue weighted by atomic mass is 32.1. The van der Waals surface area contributed by atoms with Crippen molar-refractivity contribution < 1.29 is 23.9 Å². The van der Waals surface area contributed by atoms with Crippen molar-refractivity contribution >= 4 is 41.0 Å². The van der Waals surface area contributed by atoms with Gasteiger partial charge in [0.05, 0.1) is 13.0 Å². The van der Waals surface area contributed by atoms with Crippen LogP contribution < -0.4 is 5.32 Å². The second kappa shape index (κ2) is 7.11. The Labute approximate surface area is 127 Å². The minimum absolute atomic E-state index is 0.00734. The summed E-state index contributed by atoms with van der Waals surface area (Å²) in [7, 11) is 2.79. The first kappa shape index (κ1) is 17.0. The number of nitrogens with zero attached hydrogens (tertiary/aromatic N) is 2. The molecule has 0 radical (unpaired) electrons. The first-order chi connectivity index (χ1) is 9.81. The number of carbonyl (C=O) groups is 4. The summed E-state index contributed by atoms with van der Waals surface area (Å²) in [6, 6.07) is 0. The van der Waals surface area contributed by atoms with Gasteiger partial charge in [0.15, 0.2) is 11.0 Å². The summed E-state index contributed by atoms with van der Waals surface area (Å²) in [6.07, 6.45) is -0.0290. The number of carbonyl (C=O) groups excluding carboxylic acids is 4. The molecule has 1 N–H and O–H groups in total. The predicted octanol–water partition coefficient (Wildman–Crippen LogP) is -1.11. The first-order valence-electron chi connectivity index (χ1n) is 6.33. The van der Waals surface area contributed by atoms with E-state index in [1.54, 1.807) is 6.92 Å². The van der Waals surface area contributed by atoms with E-state index in [-0.39, 0.29) is 24.7 Å². The number of esters is 1. The van der Waals surface area contributed by atoms with Crippen molar-refractivity contribution in [3.05, 3.63) is 0 Å². The van der Waals surface area contributed by atoms with Crippen LogP contribution in [-0.4, -0.2) is 65.9 Å². The van der Waals surface area contributed by atoms with E-state index in [1.165, 1.54) is 14.1 Å². The Kier molecular flexibility index (Phi) is 5.77. The van der Waals surface area contributed by atoms with Gasteiger partial charge in [0.2, 0.25) is 5.91 Å². The molecule has 0 spiro atoms. The molecule has 1 aliphatic heterocycles. The molecule has 1 saturated heterocycles. The van der Waals surface area contributed by atoms with E-state index in [0.717, 1.165) is 9.80 Å². The number of rotatable bonds is 5. The second-order valence-corrected chi connectivity index (χ2v) is 4.72. The van der Waals surface area contributed by atoms with Crippen LogP contribution in [0.15, 0.2) is 0 Å². The molecule has 0 bridgehead atoms. The minimum Gasteiger partial charge on any atom is -0.466 e. The van der Waals surface area contributed by atoms with Gasteiger partial charge in [-0.05, 0) is 19.1 Å². The number of thiocarbonyl (C=S) groups is 1. The maximum atomic E-state index is 12.0. The predicted molar refractivity (Wildman–Crippen MR) is 75.9 cm³/mol. The van der Waals surface area contributed by atoms with Gasteiger partial charge in [-0.3, -0.25) is 29.0 Å². The summed E-state index contributed by atoms with van der Waals surface area (Å²) in [5, 5.41) is 2.42. The molecule has 0 aromatic heterocycles. The average Bonchev–Trinajstić information content (AvgIpc) is 2.43. The zero-order valence-corrected chi connectivity index (χ0v) is 12.9. The Balaban J connectivity index is 2.64. The molecule has 0 aromatic carbocycles. The number of ether oxygens (including phenoxy) is 1. The summed E-state index contributed by atoms with van der Waals surface area (Å²) in [5.74, 6) is -4.06. The Hall–Kier alpha value is -2.03. The van der Waals surface area contributed by atoms with E-state index in [1.807, 2.05) is 0 Å². The van der Waals surface area contributed by atoms with Gasteiger partial charge in [-0.2, -0.15) is 0 Å². The van der Waals surface area contributed by atoms with E-state index in [9.17, 15) is 19.2 Å². The van der Waals surface area contributed by atoms with Gasteiger partial charge in [-0.1, -0.05) is 0 Å². The zero-order chi connectivity index (χ0) is 16.2. The van der Waals surface area contributed by atoms with E-state index < -0.39 is 29.6 Å². The summed E-state index contributed by atoms with van der Waals surface area (Å²) >= 11 is 4.91. The van der Waals surface area contributed by atoms with Gasteiger partial charge in [0.25, 0.3) is 11.8 Å². The third kappa shape index (κ3) is 3.75. The van der Waals surface area contributed by atoms with Gasteiger partial charge in [-0.25, -0.2) is 0 Å². The van der Waals surface area contributed by atoms with E-state index >= 15 is 0 Å². The molecule has 21 heavy (non-hydrogen) atoms. The maximum Gasteiger partial charge on any atom is 0.307 e. The van der Waals surface area contributed by atoms with Crippen LogP contribution >= 0.6 is 12.2 Å². The van der Waals surface area contributed by atoms with Gasteiger partial charge >= 0.3 is 5.97 Å². The van der Waals surface area contributed by atoms with Crippen molar-refractivity contribution in [3.8, 4) is 0 Å². The van der Waals surface area contributed by atoms with Crippen molar-refractivity contribution in [1.82, 2.24) is 15.1 Å². The molecule has 0 aromatic rings. The summed E-state index contributed by atoms with van der Waals surface area (Å²) in [4.78, 5) is 49.2. The van der Waals surface area contributed by atoms with Gasteiger partial charge in [0, 0.05) is 20.6 Å². The highest BCUT2D eigenvalue weighted by molar-refractivity contribution is 7.80. The third-order valence-corrected chi connectivity index (χ3v) is 3.47. The number of hydrogen-bond donors (Lipinski definition) is 1. The normalized spacial score (nSPS) is 16.2. The molecule has 1 aliphatic rings.